The Morgan fingerprint density at radius 2 is 1.92 bits per heavy atom. The van der Waals surface area contributed by atoms with Gasteiger partial charge in [0, 0.05) is 13.1 Å². The predicted molar refractivity (Wildman–Crippen MR) is 95.2 cm³/mol. The normalized spacial score (nSPS) is 22.3. The van der Waals surface area contributed by atoms with E-state index < -0.39 is 20.0 Å². The van der Waals surface area contributed by atoms with Gasteiger partial charge in [-0.3, -0.25) is 0 Å². The van der Waals surface area contributed by atoms with Crippen LogP contribution in [0.25, 0.3) is 0 Å². The van der Waals surface area contributed by atoms with Crippen LogP contribution in [-0.4, -0.2) is 47.8 Å². The topological polar surface area (TPSA) is 110 Å². The first-order valence-electron chi connectivity index (χ1n) is 7.30. The van der Waals surface area contributed by atoms with Crippen molar-refractivity contribution in [1.29, 1.82) is 0 Å². The number of hydrogen-bond donors (Lipinski definition) is 2. The molecule has 0 radical (unpaired) electrons. The molecule has 3 N–H and O–H groups in total. The van der Waals surface area contributed by atoms with Gasteiger partial charge in [0.25, 0.3) is 0 Å². The molecule has 7 nitrogen and oxygen atoms in total. The van der Waals surface area contributed by atoms with Crippen LogP contribution in [0.1, 0.15) is 18.9 Å². The van der Waals surface area contributed by atoms with Crippen LogP contribution in [0.3, 0.4) is 0 Å². The molecule has 1 aliphatic rings. The molecule has 0 spiro atoms. The maximum atomic E-state index is 12.7. The molecule has 1 heterocycles. The van der Waals surface area contributed by atoms with E-state index in [0.717, 1.165) is 0 Å². The van der Waals surface area contributed by atoms with E-state index >= 15 is 0 Å². The summed E-state index contributed by atoms with van der Waals surface area (Å²) in [5.74, 6) is 0. The molecular weight excluding hydrogens is 374 g/mol. The van der Waals surface area contributed by atoms with Crippen molar-refractivity contribution in [2.24, 2.45) is 11.1 Å². The first-order chi connectivity index (χ1) is 10.6. The Morgan fingerprint density at radius 3 is 2.38 bits per heavy atom. The first-order valence-corrected chi connectivity index (χ1v) is 10.2. The highest BCUT2D eigenvalue weighted by Gasteiger charge is 2.39. The van der Waals surface area contributed by atoms with Crippen molar-refractivity contribution in [2.75, 3.05) is 26.7 Å². The van der Waals surface area contributed by atoms with Gasteiger partial charge in [-0.1, -0.05) is 6.92 Å². The van der Waals surface area contributed by atoms with E-state index in [1.54, 1.807) is 6.92 Å². The standard InChI is InChI=1S/C14H23N3O4S2.ClH/c1-11-8-12(4-5-13(11)22(18,19)16-3)23(20,21)17-7-6-14(2,9-15)10-17;/h4-5,8,16H,6-7,9-10,15H2,1-3H3;1H. The van der Waals surface area contributed by atoms with Crippen LogP contribution >= 0.6 is 12.4 Å². The summed E-state index contributed by atoms with van der Waals surface area (Å²) in [6.45, 7) is 4.78. The van der Waals surface area contributed by atoms with Crippen molar-refractivity contribution >= 4 is 32.5 Å². The predicted octanol–water partition coefficient (Wildman–Crippen LogP) is 0.684. The highest BCUT2D eigenvalue weighted by molar-refractivity contribution is 7.89. The Kier molecular flexibility index (Phi) is 6.46. The second kappa shape index (κ2) is 7.27. The molecule has 2 rings (SSSR count). The Hall–Kier alpha value is -0.710. The average molecular weight is 398 g/mol. The summed E-state index contributed by atoms with van der Waals surface area (Å²) in [5.41, 5.74) is 5.90. The lowest BCUT2D eigenvalue weighted by molar-refractivity contribution is 0.349. The van der Waals surface area contributed by atoms with Crippen LogP contribution in [-0.2, 0) is 20.0 Å². The molecule has 1 fully saturated rings. The fourth-order valence-corrected chi connectivity index (χ4v) is 5.32. The second-order valence-electron chi connectivity index (χ2n) is 6.24. The zero-order valence-corrected chi connectivity index (χ0v) is 16.4. The Morgan fingerprint density at radius 1 is 1.29 bits per heavy atom. The molecule has 1 aromatic carbocycles. The molecule has 10 heteroatoms. The zero-order chi connectivity index (χ0) is 17.5. The van der Waals surface area contributed by atoms with Crippen molar-refractivity contribution in [3.63, 3.8) is 0 Å². The number of nitrogens with two attached hydrogens (primary N) is 1. The van der Waals surface area contributed by atoms with Crippen LogP contribution in [0.2, 0.25) is 0 Å². The minimum absolute atomic E-state index is 0. The van der Waals surface area contributed by atoms with Crippen LogP contribution in [0.5, 0.6) is 0 Å². The molecule has 0 aliphatic carbocycles. The number of rotatable bonds is 5. The summed E-state index contributed by atoms with van der Waals surface area (Å²) >= 11 is 0. The number of sulfonamides is 2. The summed E-state index contributed by atoms with van der Waals surface area (Å²) < 4.78 is 52.9. The molecule has 138 valence electrons. The van der Waals surface area contributed by atoms with Gasteiger partial charge in [0.1, 0.15) is 0 Å². The molecule has 0 amide bonds. The highest BCUT2D eigenvalue weighted by atomic mass is 35.5. The lowest BCUT2D eigenvalue weighted by Gasteiger charge is -2.22. The van der Waals surface area contributed by atoms with Gasteiger partial charge < -0.3 is 5.73 Å². The number of nitrogens with zero attached hydrogens (tertiary/aromatic N) is 1. The van der Waals surface area contributed by atoms with Gasteiger partial charge in [0.15, 0.2) is 0 Å². The Labute approximate surface area is 150 Å². The van der Waals surface area contributed by atoms with Gasteiger partial charge in [-0.25, -0.2) is 21.6 Å². The van der Waals surface area contributed by atoms with Crippen LogP contribution in [0.4, 0.5) is 0 Å². The zero-order valence-electron chi connectivity index (χ0n) is 13.9. The Bertz CT molecular complexity index is 811. The summed E-state index contributed by atoms with van der Waals surface area (Å²) in [6, 6.07) is 4.06. The minimum atomic E-state index is -3.65. The third kappa shape index (κ3) is 3.92. The fourth-order valence-electron chi connectivity index (χ4n) is 2.69. The first kappa shape index (κ1) is 21.3. The molecule has 0 bridgehead atoms. The lowest BCUT2D eigenvalue weighted by atomic mass is 9.90. The van der Waals surface area contributed by atoms with E-state index in [2.05, 4.69) is 4.72 Å². The van der Waals surface area contributed by atoms with Crippen LogP contribution < -0.4 is 10.5 Å². The average Bonchev–Trinajstić information content (AvgIpc) is 2.91. The van der Waals surface area contributed by atoms with E-state index in [1.807, 2.05) is 6.92 Å². The summed E-state index contributed by atoms with van der Waals surface area (Å²) in [4.78, 5) is 0.179. The molecule has 1 atom stereocenters. The van der Waals surface area contributed by atoms with Gasteiger partial charge in [-0.15, -0.1) is 12.4 Å². The van der Waals surface area contributed by atoms with Gasteiger partial charge in [-0.05, 0) is 56.1 Å². The van der Waals surface area contributed by atoms with E-state index in [1.165, 1.54) is 29.6 Å². The van der Waals surface area contributed by atoms with Crippen molar-refractivity contribution in [1.82, 2.24) is 9.03 Å². The maximum absolute atomic E-state index is 12.7. The largest absolute Gasteiger partial charge is 0.330 e. The van der Waals surface area contributed by atoms with E-state index in [0.29, 0.717) is 31.6 Å². The van der Waals surface area contributed by atoms with E-state index in [-0.39, 0.29) is 27.6 Å². The monoisotopic (exact) mass is 397 g/mol. The molecule has 0 saturated carbocycles. The number of nitrogens with one attached hydrogen (secondary N) is 1. The van der Waals surface area contributed by atoms with Gasteiger partial charge in [0.05, 0.1) is 9.79 Å². The number of aryl methyl sites for hydroxylation is 1. The van der Waals surface area contributed by atoms with E-state index in [4.69, 9.17) is 5.73 Å². The van der Waals surface area contributed by atoms with Crippen LogP contribution in [0.15, 0.2) is 28.0 Å². The van der Waals surface area contributed by atoms with Gasteiger partial charge >= 0.3 is 0 Å². The molecule has 1 aromatic rings. The molecule has 24 heavy (non-hydrogen) atoms. The molecule has 1 unspecified atom stereocenters. The van der Waals surface area contributed by atoms with Crippen molar-refractivity contribution in [3.8, 4) is 0 Å². The number of halogens is 1. The fraction of sp³-hybridized carbons (Fsp3) is 0.571. The lowest BCUT2D eigenvalue weighted by Crippen LogP contribution is -2.34. The van der Waals surface area contributed by atoms with Gasteiger partial charge in [0.2, 0.25) is 20.0 Å². The summed E-state index contributed by atoms with van der Waals surface area (Å²) in [6.07, 6.45) is 0.716. The SMILES string of the molecule is CNS(=O)(=O)c1ccc(S(=O)(=O)N2CCC(C)(CN)C2)cc1C.Cl. The van der Waals surface area contributed by atoms with Crippen LogP contribution in [0, 0.1) is 12.3 Å². The highest BCUT2D eigenvalue weighted by Crippen LogP contribution is 2.33. The molecule has 0 aromatic heterocycles. The smallest absolute Gasteiger partial charge is 0.243 e. The van der Waals surface area contributed by atoms with Crippen molar-refractivity contribution < 1.29 is 16.8 Å². The second-order valence-corrected chi connectivity index (χ2v) is 10.0. The van der Waals surface area contributed by atoms with Crippen molar-refractivity contribution in [3.05, 3.63) is 23.8 Å². The third-order valence-electron chi connectivity index (χ3n) is 4.36. The summed E-state index contributed by atoms with van der Waals surface area (Å²) in [7, 11) is -5.94. The molecule has 1 aliphatic heterocycles. The quantitative estimate of drug-likeness (QED) is 0.759. The van der Waals surface area contributed by atoms with Gasteiger partial charge in [-0.2, -0.15) is 4.31 Å². The third-order valence-corrected chi connectivity index (χ3v) is 7.77. The molecular formula is C14H24ClN3O4S2. The summed E-state index contributed by atoms with van der Waals surface area (Å²) in [5, 5.41) is 0. The number of benzene rings is 1. The van der Waals surface area contributed by atoms with E-state index in [9.17, 15) is 16.8 Å². The molecule has 1 saturated heterocycles. The minimum Gasteiger partial charge on any atom is -0.330 e. The Balaban J connectivity index is 0.00000288. The number of hydrogen-bond acceptors (Lipinski definition) is 5. The maximum Gasteiger partial charge on any atom is 0.243 e. The van der Waals surface area contributed by atoms with Crippen molar-refractivity contribution in [2.45, 2.75) is 30.1 Å².